The molecule has 0 spiro atoms. The molecule has 1 heterocycles. The maximum absolute atomic E-state index is 13.4. The van der Waals surface area contributed by atoms with Gasteiger partial charge in [-0.2, -0.15) is 0 Å². The van der Waals surface area contributed by atoms with Crippen LogP contribution >= 0.6 is 27.5 Å². The van der Waals surface area contributed by atoms with Gasteiger partial charge in [0.05, 0.1) is 12.1 Å². The van der Waals surface area contributed by atoms with Crippen molar-refractivity contribution < 1.29 is 23.4 Å². The van der Waals surface area contributed by atoms with Gasteiger partial charge < -0.3 is 14.2 Å². The first-order valence-corrected chi connectivity index (χ1v) is 10.6. The number of benzene rings is 3. The van der Waals surface area contributed by atoms with Gasteiger partial charge in [-0.15, -0.1) is 0 Å². The molecule has 0 radical (unpaired) electrons. The number of halogens is 3. The quantitative estimate of drug-likeness (QED) is 0.290. The Morgan fingerprint density at radius 1 is 1.16 bits per heavy atom. The summed E-state index contributed by atoms with van der Waals surface area (Å²) in [5.41, 5.74) is 2.04. The van der Waals surface area contributed by atoms with Crippen molar-refractivity contribution >= 4 is 45.5 Å². The number of aliphatic imine (C=N–C) groups is 1. The molecule has 0 amide bonds. The third-order valence-corrected chi connectivity index (χ3v) is 5.29. The SMILES string of the molecule is COc1cc(/C=C2\N=C(c3cccc(Br)c3)OC2=O)cc(Cl)c1OCc1cccc(F)c1. The Kier molecular flexibility index (Phi) is 6.58. The number of hydrogen-bond donors (Lipinski definition) is 0. The molecule has 3 aromatic rings. The topological polar surface area (TPSA) is 57.1 Å². The average Bonchev–Trinajstić information content (AvgIpc) is 3.13. The van der Waals surface area contributed by atoms with Crippen molar-refractivity contribution in [2.45, 2.75) is 6.61 Å². The molecular formula is C24H16BrClFNO4. The Morgan fingerprint density at radius 3 is 2.72 bits per heavy atom. The minimum absolute atomic E-state index is 0.112. The minimum Gasteiger partial charge on any atom is -0.493 e. The molecule has 1 aliphatic rings. The van der Waals surface area contributed by atoms with Crippen LogP contribution < -0.4 is 9.47 Å². The zero-order valence-corrected chi connectivity index (χ0v) is 19.1. The van der Waals surface area contributed by atoms with E-state index in [0.717, 1.165) is 4.47 Å². The fraction of sp³-hybridized carbons (Fsp3) is 0.0833. The number of carbonyl (C=O) groups is 1. The van der Waals surface area contributed by atoms with Gasteiger partial charge in [-0.25, -0.2) is 14.2 Å². The fourth-order valence-electron chi connectivity index (χ4n) is 3.06. The molecule has 0 saturated carbocycles. The number of rotatable bonds is 6. The standard InChI is InChI=1S/C24H16BrClFNO4/c1-30-21-11-15(9-19(26)22(21)31-13-14-4-2-7-18(27)8-14)10-20-24(29)32-23(28-20)16-5-3-6-17(25)12-16/h2-12H,13H2,1H3/b20-10-. The number of methoxy groups -OCH3 is 1. The molecule has 0 aromatic heterocycles. The van der Waals surface area contributed by atoms with Crippen LogP contribution in [-0.4, -0.2) is 19.0 Å². The first-order chi connectivity index (χ1) is 15.4. The largest absolute Gasteiger partial charge is 0.493 e. The highest BCUT2D eigenvalue weighted by molar-refractivity contribution is 9.10. The zero-order chi connectivity index (χ0) is 22.7. The highest BCUT2D eigenvalue weighted by Crippen LogP contribution is 2.38. The van der Waals surface area contributed by atoms with Crippen LogP contribution in [0.5, 0.6) is 11.5 Å². The van der Waals surface area contributed by atoms with Gasteiger partial charge in [0.15, 0.2) is 17.2 Å². The number of esters is 1. The van der Waals surface area contributed by atoms with Crippen molar-refractivity contribution in [1.82, 2.24) is 0 Å². The van der Waals surface area contributed by atoms with E-state index in [4.69, 9.17) is 25.8 Å². The number of cyclic esters (lactones) is 1. The van der Waals surface area contributed by atoms with Crippen LogP contribution in [-0.2, 0) is 16.1 Å². The Balaban J connectivity index is 1.59. The summed E-state index contributed by atoms with van der Waals surface area (Å²) in [5, 5.41) is 0.273. The molecule has 0 atom stereocenters. The molecule has 0 fully saturated rings. The van der Waals surface area contributed by atoms with Crippen molar-refractivity contribution in [3.05, 3.63) is 98.4 Å². The third-order valence-electron chi connectivity index (χ3n) is 4.52. The summed E-state index contributed by atoms with van der Waals surface area (Å²) in [6.07, 6.45) is 1.55. The molecule has 0 saturated heterocycles. The predicted octanol–water partition coefficient (Wildman–Crippen LogP) is 6.17. The van der Waals surface area contributed by atoms with E-state index < -0.39 is 5.97 Å². The monoisotopic (exact) mass is 515 g/mol. The lowest BCUT2D eigenvalue weighted by Gasteiger charge is -2.13. The summed E-state index contributed by atoms with van der Waals surface area (Å²) in [6, 6.07) is 16.7. The fourth-order valence-corrected chi connectivity index (χ4v) is 3.73. The number of nitrogens with zero attached hydrogens (tertiary/aromatic N) is 1. The van der Waals surface area contributed by atoms with Crippen LogP contribution in [0.2, 0.25) is 5.02 Å². The van der Waals surface area contributed by atoms with Gasteiger partial charge in [0.25, 0.3) is 0 Å². The van der Waals surface area contributed by atoms with Crippen LogP contribution in [0.15, 0.2) is 75.8 Å². The lowest BCUT2D eigenvalue weighted by molar-refractivity contribution is -0.129. The van der Waals surface area contributed by atoms with E-state index in [0.29, 0.717) is 28.2 Å². The zero-order valence-electron chi connectivity index (χ0n) is 16.8. The lowest BCUT2D eigenvalue weighted by Crippen LogP contribution is -2.05. The summed E-state index contributed by atoms with van der Waals surface area (Å²) < 4.78 is 30.7. The molecule has 3 aromatic carbocycles. The van der Waals surface area contributed by atoms with Crippen LogP contribution in [0.3, 0.4) is 0 Å². The van der Waals surface area contributed by atoms with E-state index in [1.54, 1.807) is 42.5 Å². The predicted molar refractivity (Wildman–Crippen MR) is 123 cm³/mol. The summed E-state index contributed by atoms with van der Waals surface area (Å²) in [7, 11) is 1.48. The van der Waals surface area contributed by atoms with Crippen molar-refractivity contribution in [2.75, 3.05) is 7.11 Å². The number of hydrogen-bond acceptors (Lipinski definition) is 5. The van der Waals surface area contributed by atoms with Gasteiger partial charge in [-0.3, -0.25) is 0 Å². The highest BCUT2D eigenvalue weighted by atomic mass is 79.9. The molecule has 32 heavy (non-hydrogen) atoms. The first kappa shape index (κ1) is 22.0. The second kappa shape index (κ2) is 9.54. The van der Waals surface area contributed by atoms with Gasteiger partial charge in [-0.1, -0.05) is 45.7 Å². The van der Waals surface area contributed by atoms with E-state index in [1.165, 1.54) is 19.2 Å². The van der Waals surface area contributed by atoms with E-state index in [1.807, 2.05) is 12.1 Å². The second-order valence-corrected chi connectivity index (χ2v) is 8.12. The molecule has 8 heteroatoms. The van der Waals surface area contributed by atoms with Gasteiger partial charge in [0.1, 0.15) is 12.4 Å². The van der Waals surface area contributed by atoms with Crippen molar-refractivity contribution in [3.63, 3.8) is 0 Å². The Bertz CT molecular complexity index is 1260. The third kappa shape index (κ3) is 5.00. The van der Waals surface area contributed by atoms with Crippen molar-refractivity contribution in [1.29, 1.82) is 0 Å². The molecular weight excluding hydrogens is 501 g/mol. The normalized spacial score (nSPS) is 14.3. The van der Waals surface area contributed by atoms with E-state index >= 15 is 0 Å². The molecule has 162 valence electrons. The van der Waals surface area contributed by atoms with Crippen LogP contribution in [0.4, 0.5) is 4.39 Å². The maximum atomic E-state index is 13.4. The summed E-state index contributed by atoms with van der Waals surface area (Å²) >= 11 is 9.79. The molecule has 0 aliphatic carbocycles. The summed E-state index contributed by atoms with van der Waals surface area (Å²) in [5.74, 6) is -0.0225. The lowest BCUT2D eigenvalue weighted by atomic mass is 10.1. The summed E-state index contributed by atoms with van der Waals surface area (Å²) in [4.78, 5) is 16.6. The second-order valence-electron chi connectivity index (χ2n) is 6.80. The van der Waals surface area contributed by atoms with Gasteiger partial charge in [0.2, 0.25) is 5.90 Å². The smallest absolute Gasteiger partial charge is 0.363 e. The number of ether oxygens (including phenoxy) is 3. The molecule has 0 unspecified atom stereocenters. The Labute approximate surface area is 197 Å². The first-order valence-electron chi connectivity index (χ1n) is 9.46. The van der Waals surface area contributed by atoms with E-state index in [2.05, 4.69) is 20.9 Å². The van der Waals surface area contributed by atoms with Crippen LogP contribution in [0, 0.1) is 5.82 Å². The van der Waals surface area contributed by atoms with Crippen LogP contribution in [0.25, 0.3) is 6.08 Å². The molecule has 5 nitrogen and oxygen atoms in total. The van der Waals surface area contributed by atoms with Gasteiger partial charge in [-0.05, 0) is 59.7 Å². The summed E-state index contributed by atoms with van der Waals surface area (Å²) in [6.45, 7) is 0.112. The van der Waals surface area contributed by atoms with E-state index in [9.17, 15) is 9.18 Å². The minimum atomic E-state index is -0.568. The average molecular weight is 517 g/mol. The maximum Gasteiger partial charge on any atom is 0.363 e. The van der Waals surface area contributed by atoms with E-state index in [-0.39, 0.29) is 29.0 Å². The van der Waals surface area contributed by atoms with Crippen molar-refractivity contribution in [3.8, 4) is 11.5 Å². The number of carbonyl (C=O) groups excluding carboxylic acids is 1. The highest BCUT2D eigenvalue weighted by Gasteiger charge is 2.24. The Morgan fingerprint density at radius 2 is 1.97 bits per heavy atom. The van der Waals surface area contributed by atoms with Crippen molar-refractivity contribution in [2.24, 2.45) is 4.99 Å². The molecule has 0 bridgehead atoms. The molecule has 4 rings (SSSR count). The van der Waals surface area contributed by atoms with Crippen LogP contribution in [0.1, 0.15) is 16.7 Å². The van der Waals surface area contributed by atoms with Gasteiger partial charge >= 0.3 is 5.97 Å². The Hall–Kier alpha value is -3.16. The van der Waals surface area contributed by atoms with Gasteiger partial charge in [0, 0.05) is 10.0 Å². The molecule has 0 N–H and O–H groups in total. The molecule has 1 aliphatic heterocycles.